The van der Waals surface area contributed by atoms with Crippen LogP contribution >= 0.6 is 11.6 Å². The Kier molecular flexibility index (Phi) is 7.19. The van der Waals surface area contributed by atoms with Crippen LogP contribution in [0.4, 0.5) is 5.69 Å². The van der Waals surface area contributed by atoms with E-state index in [1.165, 1.54) is 0 Å². The number of aryl methyl sites for hydroxylation is 1. The summed E-state index contributed by atoms with van der Waals surface area (Å²) in [4.78, 5) is 16.3. The number of carbonyl (C=O) groups is 1. The molecule has 154 valence electrons. The number of anilines is 1. The number of nitrogens with one attached hydrogen (secondary N) is 3. The highest BCUT2D eigenvalue weighted by molar-refractivity contribution is 6.33. The van der Waals surface area contributed by atoms with E-state index >= 15 is 0 Å². The highest BCUT2D eigenvalue weighted by Gasteiger charge is 2.20. The van der Waals surface area contributed by atoms with Crippen LogP contribution in [0, 0.1) is 6.92 Å². The van der Waals surface area contributed by atoms with Crippen molar-refractivity contribution >= 4 is 29.2 Å². The molecule has 0 bridgehead atoms. The number of ether oxygens (including phenoxy) is 2. The summed E-state index contributed by atoms with van der Waals surface area (Å²) in [6.07, 6.45) is 0.150. The van der Waals surface area contributed by atoms with E-state index in [9.17, 15) is 4.79 Å². The van der Waals surface area contributed by atoms with Crippen molar-refractivity contribution in [2.75, 3.05) is 32.1 Å². The van der Waals surface area contributed by atoms with Gasteiger partial charge in [-0.1, -0.05) is 29.8 Å². The lowest BCUT2D eigenvalue weighted by Crippen LogP contribution is -2.45. The Balaban J connectivity index is 1.39. The molecule has 0 aliphatic carbocycles. The van der Waals surface area contributed by atoms with Crippen molar-refractivity contribution in [3.8, 4) is 11.5 Å². The van der Waals surface area contributed by atoms with Gasteiger partial charge in [-0.3, -0.25) is 9.79 Å². The van der Waals surface area contributed by atoms with Crippen LogP contribution in [0.2, 0.25) is 5.02 Å². The molecule has 0 fully saturated rings. The van der Waals surface area contributed by atoms with E-state index in [1.54, 1.807) is 13.1 Å². The number of guanidine groups is 1. The molecule has 0 radical (unpaired) electrons. The fourth-order valence-electron chi connectivity index (χ4n) is 2.82. The van der Waals surface area contributed by atoms with E-state index in [2.05, 4.69) is 20.9 Å². The van der Waals surface area contributed by atoms with Crippen molar-refractivity contribution in [2.45, 2.75) is 19.4 Å². The Labute approximate surface area is 175 Å². The molecule has 1 unspecified atom stereocenters. The van der Waals surface area contributed by atoms with Gasteiger partial charge in [0.05, 0.1) is 17.3 Å². The summed E-state index contributed by atoms with van der Waals surface area (Å²) in [5.41, 5.74) is 1.65. The van der Waals surface area contributed by atoms with Gasteiger partial charge in [0.1, 0.15) is 12.7 Å². The van der Waals surface area contributed by atoms with Crippen molar-refractivity contribution in [3.05, 3.63) is 53.1 Å². The molecule has 0 saturated heterocycles. The Morgan fingerprint density at radius 3 is 2.76 bits per heavy atom. The van der Waals surface area contributed by atoms with E-state index in [1.807, 2.05) is 43.3 Å². The molecule has 2 aromatic rings. The van der Waals surface area contributed by atoms with Gasteiger partial charge < -0.3 is 25.4 Å². The Hall–Kier alpha value is -2.93. The van der Waals surface area contributed by atoms with Gasteiger partial charge in [0.25, 0.3) is 0 Å². The van der Waals surface area contributed by atoms with Gasteiger partial charge in [-0.2, -0.15) is 0 Å². The zero-order valence-electron chi connectivity index (χ0n) is 16.5. The fraction of sp³-hybridized carbons (Fsp3) is 0.333. The zero-order chi connectivity index (χ0) is 20.6. The maximum atomic E-state index is 12.1. The van der Waals surface area contributed by atoms with E-state index in [0.717, 1.165) is 17.1 Å². The molecule has 3 N–H and O–H groups in total. The van der Waals surface area contributed by atoms with E-state index in [0.29, 0.717) is 36.4 Å². The number of fused-ring (bicyclic) bond motifs is 1. The van der Waals surface area contributed by atoms with Crippen molar-refractivity contribution in [3.63, 3.8) is 0 Å². The van der Waals surface area contributed by atoms with Gasteiger partial charge in [0.15, 0.2) is 17.5 Å². The Morgan fingerprint density at radius 1 is 1.21 bits per heavy atom. The molecule has 2 aromatic carbocycles. The van der Waals surface area contributed by atoms with Crippen molar-refractivity contribution < 1.29 is 14.3 Å². The standard InChI is InChI=1S/C21H25ClN4O3/c1-14-7-8-17(16(22)11-14)26-20(27)9-10-24-21(23-2)25-12-15-13-28-18-5-3-4-6-19(18)29-15/h3-8,11,15H,9-10,12-13H2,1-2H3,(H,26,27)(H2,23,24,25). The second kappa shape index (κ2) is 10.0. The molecule has 1 aliphatic rings. The second-order valence-electron chi connectivity index (χ2n) is 6.66. The van der Waals surface area contributed by atoms with Gasteiger partial charge in [-0.05, 0) is 36.8 Å². The topological polar surface area (TPSA) is 84.0 Å². The average molecular weight is 417 g/mol. The van der Waals surface area contributed by atoms with Crippen LogP contribution in [0.1, 0.15) is 12.0 Å². The number of carbonyl (C=O) groups excluding carboxylic acids is 1. The van der Waals surface area contributed by atoms with Crippen molar-refractivity contribution in [1.82, 2.24) is 10.6 Å². The van der Waals surface area contributed by atoms with Crippen LogP contribution in [-0.2, 0) is 4.79 Å². The molecule has 1 aliphatic heterocycles. The summed E-state index contributed by atoms with van der Waals surface area (Å²) in [6, 6.07) is 13.1. The fourth-order valence-corrected chi connectivity index (χ4v) is 3.11. The third-order valence-corrected chi connectivity index (χ3v) is 4.64. The molecule has 29 heavy (non-hydrogen) atoms. The summed E-state index contributed by atoms with van der Waals surface area (Å²) in [7, 11) is 1.68. The van der Waals surface area contributed by atoms with E-state index in [-0.39, 0.29) is 18.4 Å². The molecule has 1 amide bonds. The minimum absolute atomic E-state index is 0.126. The molecule has 8 heteroatoms. The Bertz CT molecular complexity index is 888. The van der Waals surface area contributed by atoms with Gasteiger partial charge >= 0.3 is 0 Å². The molecule has 0 aromatic heterocycles. The van der Waals surface area contributed by atoms with Crippen LogP contribution in [-0.4, -0.2) is 44.7 Å². The maximum absolute atomic E-state index is 12.1. The Morgan fingerprint density at radius 2 is 2.00 bits per heavy atom. The first-order valence-electron chi connectivity index (χ1n) is 9.44. The molecule has 0 saturated carbocycles. The molecular formula is C21H25ClN4O3. The van der Waals surface area contributed by atoms with Crippen LogP contribution in [0.15, 0.2) is 47.5 Å². The minimum Gasteiger partial charge on any atom is -0.486 e. The summed E-state index contributed by atoms with van der Waals surface area (Å²) < 4.78 is 11.6. The lowest BCUT2D eigenvalue weighted by molar-refractivity contribution is -0.116. The first-order chi connectivity index (χ1) is 14.0. The number of benzene rings is 2. The molecule has 7 nitrogen and oxygen atoms in total. The molecule has 3 rings (SSSR count). The predicted molar refractivity (Wildman–Crippen MR) is 115 cm³/mol. The number of nitrogens with zero attached hydrogens (tertiary/aromatic N) is 1. The SMILES string of the molecule is CN=C(NCCC(=O)Nc1ccc(C)cc1Cl)NCC1COc2ccccc2O1. The first kappa shape index (κ1) is 20.8. The first-order valence-corrected chi connectivity index (χ1v) is 9.82. The van der Waals surface area contributed by atoms with Gasteiger partial charge in [-0.25, -0.2) is 0 Å². The maximum Gasteiger partial charge on any atom is 0.226 e. The average Bonchev–Trinajstić information content (AvgIpc) is 2.72. The molecule has 1 heterocycles. The monoisotopic (exact) mass is 416 g/mol. The highest BCUT2D eigenvalue weighted by atomic mass is 35.5. The van der Waals surface area contributed by atoms with E-state index in [4.69, 9.17) is 21.1 Å². The largest absolute Gasteiger partial charge is 0.486 e. The van der Waals surface area contributed by atoms with Gasteiger partial charge in [0, 0.05) is 20.0 Å². The third kappa shape index (κ3) is 6.02. The summed E-state index contributed by atoms with van der Waals surface area (Å²) in [5, 5.41) is 9.65. The number of amides is 1. The number of halogens is 1. The normalized spacial score (nSPS) is 15.6. The molecule has 0 spiro atoms. The number of para-hydroxylation sites is 2. The molecule has 1 atom stereocenters. The van der Waals surface area contributed by atoms with Crippen LogP contribution in [0.3, 0.4) is 0 Å². The van der Waals surface area contributed by atoms with Crippen molar-refractivity contribution in [2.24, 2.45) is 4.99 Å². The van der Waals surface area contributed by atoms with Crippen molar-refractivity contribution in [1.29, 1.82) is 0 Å². The summed E-state index contributed by atoms with van der Waals surface area (Å²) >= 11 is 6.15. The number of aliphatic imine (C=N–C) groups is 1. The van der Waals surface area contributed by atoms with Crippen LogP contribution in [0.25, 0.3) is 0 Å². The molecular weight excluding hydrogens is 392 g/mol. The highest BCUT2D eigenvalue weighted by Crippen LogP contribution is 2.30. The summed E-state index contributed by atoms with van der Waals surface area (Å²) in [6.45, 7) is 3.36. The van der Waals surface area contributed by atoms with Gasteiger partial charge in [0.2, 0.25) is 5.91 Å². The van der Waals surface area contributed by atoms with Crippen LogP contribution < -0.4 is 25.4 Å². The lowest BCUT2D eigenvalue weighted by Gasteiger charge is -2.27. The number of hydrogen-bond donors (Lipinski definition) is 3. The minimum atomic E-state index is -0.129. The number of rotatable bonds is 6. The lowest BCUT2D eigenvalue weighted by atomic mass is 10.2. The smallest absolute Gasteiger partial charge is 0.226 e. The second-order valence-corrected chi connectivity index (χ2v) is 7.07. The summed E-state index contributed by atoms with van der Waals surface area (Å²) in [5.74, 6) is 1.96. The van der Waals surface area contributed by atoms with E-state index < -0.39 is 0 Å². The quantitative estimate of drug-likeness (QED) is 0.498. The third-order valence-electron chi connectivity index (χ3n) is 4.33. The van der Waals surface area contributed by atoms with Gasteiger partial charge in [-0.15, -0.1) is 0 Å². The predicted octanol–water partition coefficient (Wildman–Crippen LogP) is 2.98. The van der Waals surface area contributed by atoms with Crippen LogP contribution in [0.5, 0.6) is 11.5 Å². The zero-order valence-corrected chi connectivity index (χ0v) is 17.3. The number of hydrogen-bond acceptors (Lipinski definition) is 4.